The van der Waals surface area contributed by atoms with E-state index in [0.717, 1.165) is 5.56 Å². The Hall–Kier alpha value is -4.90. The van der Waals surface area contributed by atoms with Crippen LogP contribution in [0.1, 0.15) is 18.1 Å². The number of hydrogen-bond acceptors (Lipinski definition) is 6. The van der Waals surface area contributed by atoms with Crippen molar-refractivity contribution in [2.24, 2.45) is 0 Å². The number of anilines is 2. The molecule has 1 aliphatic rings. The minimum Gasteiger partial charge on any atom is -0.490 e. The van der Waals surface area contributed by atoms with Crippen LogP contribution in [-0.2, 0) is 14.4 Å². The van der Waals surface area contributed by atoms with E-state index in [0.29, 0.717) is 16.2 Å². The number of para-hydroxylation sites is 1. The number of hydrogen-bond donors (Lipinski definition) is 3. The van der Waals surface area contributed by atoms with E-state index in [1.165, 1.54) is 42.5 Å². The van der Waals surface area contributed by atoms with Gasteiger partial charge < -0.3 is 25.4 Å². The van der Waals surface area contributed by atoms with Crippen molar-refractivity contribution in [1.29, 1.82) is 0 Å². The number of urea groups is 1. The molecule has 1 aliphatic heterocycles. The van der Waals surface area contributed by atoms with Gasteiger partial charge in [-0.25, -0.2) is 14.1 Å². The Bertz CT molecular complexity index is 1530. The summed E-state index contributed by atoms with van der Waals surface area (Å²) in [5, 5.41) is 7.57. The molecule has 12 heteroatoms. The van der Waals surface area contributed by atoms with Gasteiger partial charge >= 0.3 is 6.03 Å². The lowest BCUT2D eigenvalue weighted by atomic mass is 10.1. The van der Waals surface area contributed by atoms with Gasteiger partial charge in [-0.3, -0.25) is 14.4 Å². The van der Waals surface area contributed by atoms with Crippen LogP contribution >= 0.6 is 11.6 Å². The van der Waals surface area contributed by atoms with E-state index in [1.54, 1.807) is 19.1 Å². The van der Waals surface area contributed by atoms with Gasteiger partial charge in [-0.1, -0.05) is 41.4 Å². The van der Waals surface area contributed by atoms with Crippen molar-refractivity contribution in [3.8, 4) is 11.5 Å². The molecule has 3 aromatic rings. The molecule has 0 saturated carbocycles. The van der Waals surface area contributed by atoms with Crippen molar-refractivity contribution in [2.75, 3.05) is 30.4 Å². The van der Waals surface area contributed by atoms with E-state index >= 15 is 0 Å². The highest BCUT2D eigenvalue weighted by molar-refractivity contribution is 6.32. The molecule has 1 saturated heterocycles. The summed E-state index contributed by atoms with van der Waals surface area (Å²) >= 11 is 6.44. The number of benzene rings is 3. The Morgan fingerprint density at radius 1 is 1.02 bits per heavy atom. The summed E-state index contributed by atoms with van der Waals surface area (Å²) in [6.45, 7) is 2.97. The molecular formula is C29H26ClFN4O6. The van der Waals surface area contributed by atoms with Gasteiger partial charge in [-0.15, -0.1) is 0 Å². The second-order valence-corrected chi connectivity index (χ2v) is 9.28. The van der Waals surface area contributed by atoms with E-state index in [1.807, 2.05) is 19.1 Å². The number of carbonyl (C=O) groups excluding carboxylic acids is 4. The third kappa shape index (κ3) is 7.40. The minimum absolute atomic E-state index is 0.0756. The molecule has 4 rings (SSSR count). The second kappa shape index (κ2) is 13.0. The zero-order valence-electron chi connectivity index (χ0n) is 22.1. The van der Waals surface area contributed by atoms with Gasteiger partial charge in [0.1, 0.15) is 18.1 Å². The van der Waals surface area contributed by atoms with Crippen LogP contribution in [0.5, 0.6) is 11.5 Å². The third-order valence-corrected chi connectivity index (χ3v) is 6.02. The predicted octanol–water partition coefficient (Wildman–Crippen LogP) is 4.74. The summed E-state index contributed by atoms with van der Waals surface area (Å²) < 4.78 is 25.1. The van der Waals surface area contributed by atoms with Crippen molar-refractivity contribution in [3.05, 3.63) is 88.3 Å². The van der Waals surface area contributed by atoms with Crippen molar-refractivity contribution in [2.45, 2.75) is 13.8 Å². The number of carbonyl (C=O) groups is 4. The van der Waals surface area contributed by atoms with E-state index < -0.39 is 36.1 Å². The van der Waals surface area contributed by atoms with E-state index in [2.05, 4.69) is 16.0 Å². The molecule has 41 heavy (non-hydrogen) atoms. The highest BCUT2D eigenvalue weighted by atomic mass is 35.5. The van der Waals surface area contributed by atoms with Crippen LogP contribution in [0.4, 0.5) is 20.6 Å². The van der Waals surface area contributed by atoms with Gasteiger partial charge in [0.15, 0.2) is 18.1 Å². The summed E-state index contributed by atoms with van der Waals surface area (Å²) in [5.74, 6) is -2.23. The number of imide groups is 1. The van der Waals surface area contributed by atoms with Gasteiger partial charge in [0.2, 0.25) is 5.91 Å². The number of rotatable bonds is 10. The molecule has 0 radical (unpaired) electrons. The molecule has 1 heterocycles. The molecule has 0 aromatic heterocycles. The number of amides is 5. The van der Waals surface area contributed by atoms with Crippen molar-refractivity contribution in [1.82, 2.24) is 10.2 Å². The number of halogens is 2. The third-order valence-electron chi connectivity index (χ3n) is 5.74. The lowest BCUT2D eigenvalue weighted by Gasteiger charge is -2.15. The average molecular weight is 581 g/mol. The van der Waals surface area contributed by atoms with Gasteiger partial charge in [0.25, 0.3) is 11.8 Å². The first-order valence-corrected chi connectivity index (χ1v) is 12.9. The summed E-state index contributed by atoms with van der Waals surface area (Å²) in [7, 11) is 0. The zero-order valence-corrected chi connectivity index (χ0v) is 22.9. The smallest absolute Gasteiger partial charge is 0.329 e. The molecular weight excluding hydrogens is 555 g/mol. The second-order valence-electron chi connectivity index (χ2n) is 8.87. The van der Waals surface area contributed by atoms with Crippen molar-refractivity contribution < 1.29 is 33.0 Å². The molecule has 1 fully saturated rings. The molecule has 5 amide bonds. The summed E-state index contributed by atoms with van der Waals surface area (Å²) in [6.07, 6.45) is 1.36. The quantitative estimate of drug-likeness (QED) is 0.235. The monoisotopic (exact) mass is 580 g/mol. The van der Waals surface area contributed by atoms with Gasteiger partial charge in [0, 0.05) is 5.69 Å². The van der Waals surface area contributed by atoms with Crippen molar-refractivity contribution >= 4 is 52.8 Å². The molecule has 10 nitrogen and oxygen atoms in total. The Labute approximate surface area is 240 Å². The normalized spacial score (nSPS) is 13.7. The summed E-state index contributed by atoms with van der Waals surface area (Å²) in [4.78, 5) is 50.7. The molecule has 0 bridgehead atoms. The van der Waals surface area contributed by atoms with Crippen LogP contribution in [0.3, 0.4) is 0 Å². The fourth-order valence-electron chi connectivity index (χ4n) is 3.82. The van der Waals surface area contributed by atoms with Gasteiger partial charge in [0.05, 0.1) is 17.3 Å². The standard InChI is InChI=1S/C29H26ClFN4O6/c1-3-40-24-14-18(12-20(30)27(24)41-16-26(37)32-19-10-8-17(2)9-11-19)13-23-28(38)35(29(39)34-23)15-25(36)33-22-7-5-4-6-21(22)31/h4-14H,3,15-16H2,1-2H3,(H,32,37)(H,33,36)(H,34,39)/b23-13+. The lowest BCUT2D eigenvalue weighted by Crippen LogP contribution is -2.38. The van der Waals surface area contributed by atoms with E-state index in [9.17, 15) is 23.6 Å². The molecule has 3 N–H and O–H groups in total. The largest absolute Gasteiger partial charge is 0.490 e. The van der Waals surface area contributed by atoms with Crippen LogP contribution in [-0.4, -0.2) is 48.4 Å². The van der Waals surface area contributed by atoms with Gasteiger partial charge in [-0.05, 0) is 61.9 Å². The van der Waals surface area contributed by atoms with Crippen LogP contribution in [0.2, 0.25) is 5.02 Å². The zero-order chi connectivity index (χ0) is 29.5. The topological polar surface area (TPSA) is 126 Å². The molecule has 0 atom stereocenters. The molecule has 212 valence electrons. The predicted molar refractivity (Wildman–Crippen MR) is 151 cm³/mol. The fourth-order valence-corrected chi connectivity index (χ4v) is 4.10. The molecule has 0 unspecified atom stereocenters. The maximum absolute atomic E-state index is 13.8. The molecule has 0 spiro atoms. The highest BCUT2D eigenvalue weighted by Gasteiger charge is 2.35. The first-order valence-electron chi connectivity index (χ1n) is 12.5. The molecule has 0 aliphatic carbocycles. The minimum atomic E-state index is -0.819. The van der Waals surface area contributed by atoms with Crippen LogP contribution in [0, 0.1) is 12.7 Å². The highest BCUT2D eigenvalue weighted by Crippen LogP contribution is 2.37. The Morgan fingerprint density at radius 3 is 2.46 bits per heavy atom. The Kier molecular flexibility index (Phi) is 9.20. The van der Waals surface area contributed by atoms with Gasteiger partial charge in [-0.2, -0.15) is 0 Å². The van der Waals surface area contributed by atoms with Crippen LogP contribution < -0.4 is 25.4 Å². The maximum atomic E-state index is 13.8. The van der Waals surface area contributed by atoms with E-state index in [-0.39, 0.29) is 41.1 Å². The first kappa shape index (κ1) is 29.1. The Balaban J connectivity index is 1.45. The number of ether oxygens (including phenoxy) is 2. The SMILES string of the molecule is CCOc1cc(/C=C2/NC(=O)N(CC(=O)Nc3ccccc3F)C2=O)cc(Cl)c1OCC(=O)Nc1ccc(C)cc1. The summed E-state index contributed by atoms with van der Waals surface area (Å²) in [5.41, 5.74) is 1.87. The van der Waals surface area contributed by atoms with Crippen LogP contribution in [0.15, 0.2) is 66.4 Å². The molecule has 3 aromatic carbocycles. The van der Waals surface area contributed by atoms with Crippen molar-refractivity contribution in [3.63, 3.8) is 0 Å². The average Bonchev–Trinajstić information content (AvgIpc) is 3.18. The van der Waals surface area contributed by atoms with E-state index in [4.69, 9.17) is 21.1 Å². The number of nitrogens with zero attached hydrogens (tertiary/aromatic N) is 1. The fraction of sp³-hybridized carbons (Fsp3) is 0.172. The number of nitrogens with one attached hydrogen (secondary N) is 3. The summed E-state index contributed by atoms with van der Waals surface area (Å²) in [6, 6.07) is 15.0. The number of aryl methyl sites for hydroxylation is 1. The van der Waals surface area contributed by atoms with Crippen LogP contribution in [0.25, 0.3) is 6.08 Å². The Morgan fingerprint density at radius 2 is 1.76 bits per heavy atom. The lowest BCUT2D eigenvalue weighted by molar-refractivity contribution is -0.127. The maximum Gasteiger partial charge on any atom is 0.329 e. The first-order chi connectivity index (χ1) is 19.6.